The summed E-state index contributed by atoms with van der Waals surface area (Å²) in [5, 5.41) is 0. The molecule has 0 aromatic carbocycles. The van der Waals surface area contributed by atoms with Crippen molar-refractivity contribution in [1.29, 1.82) is 0 Å². The molecule has 0 aromatic rings. The molecule has 4 nitrogen and oxygen atoms in total. The van der Waals surface area contributed by atoms with Crippen molar-refractivity contribution < 1.29 is 9.53 Å². The molecule has 4 heteroatoms. The summed E-state index contributed by atoms with van der Waals surface area (Å²) in [6.45, 7) is 5.48. The third kappa shape index (κ3) is 1.78. The number of rotatable bonds is 3. The van der Waals surface area contributed by atoms with E-state index in [1.807, 2.05) is 0 Å². The number of likely N-dealkylation sites (N-methyl/N-ethyl adjacent to an activating group) is 1. The van der Waals surface area contributed by atoms with Crippen LogP contribution in [0.15, 0.2) is 0 Å². The molecule has 4 fully saturated rings. The van der Waals surface area contributed by atoms with Crippen LogP contribution in [0.5, 0.6) is 0 Å². The molecule has 1 amide bonds. The summed E-state index contributed by atoms with van der Waals surface area (Å²) >= 11 is 0. The molecule has 2 bridgehead atoms. The number of piperidine rings is 1. The summed E-state index contributed by atoms with van der Waals surface area (Å²) in [5.41, 5.74) is 0. The maximum atomic E-state index is 12.3. The number of piperazine rings is 1. The number of carbonyl (C=O) groups excluding carboxylic acids is 1. The Morgan fingerprint density at radius 3 is 2.41 bits per heavy atom. The third-order valence-electron chi connectivity index (χ3n) is 4.75. The van der Waals surface area contributed by atoms with Crippen molar-refractivity contribution in [1.82, 2.24) is 9.80 Å². The second kappa shape index (κ2) is 4.25. The molecular weight excluding hydrogens is 216 g/mol. The van der Waals surface area contributed by atoms with Gasteiger partial charge in [-0.25, -0.2) is 0 Å². The quantitative estimate of drug-likeness (QED) is 0.726. The van der Waals surface area contributed by atoms with Crippen molar-refractivity contribution in [3.05, 3.63) is 0 Å². The Balaban J connectivity index is 1.55. The van der Waals surface area contributed by atoms with Crippen LogP contribution in [0.1, 0.15) is 26.2 Å². The predicted octanol–water partition coefficient (Wildman–Crippen LogP) is 0.716. The second-order valence-corrected chi connectivity index (χ2v) is 5.67. The number of hydrogen-bond donors (Lipinski definition) is 0. The molecule has 0 N–H and O–H groups in total. The van der Waals surface area contributed by atoms with Gasteiger partial charge in [-0.05, 0) is 25.8 Å². The van der Waals surface area contributed by atoms with Crippen LogP contribution in [0.4, 0.5) is 0 Å². The normalized spacial score (nSPS) is 40.7. The largest absolute Gasteiger partial charge is 0.381 e. The number of nitrogens with zero attached hydrogens (tertiary/aromatic N) is 2. The summed E-state index contributed by atoms with van der Waals surface area (Å²) < 4.78 is 5.25. The molecule has 0 radical (unpaired) electrons. The Bertz CT molecular complexity index is 303. The Hall–Kier alpha value is -0.610. The van der Waals surface area contributed by atoms with Crippen LogP contribution in [0, 0.1) is 5.92 Å². The number of methoxy groups -OCH3 is 1. The molecule has 4 rings (SSSR count). The Morgan fingerprint density at radius 1 is 1.24 bits per heavy atom. The number of amides is 1. The highest BCUT2D eigenvalue weighted by atomic mass is 16.5. The molecule has 3 aliphatic heterocycles. The van der Waals surface area contributed by atoms with Gasteiger partial charge in [0.1, 0.15) is 0 Å². The van der Waals surface area contributed by atoms with Gasteiger partial charge in [0, 0.05) is 38.2 Å². The third-order valence-corrected chi connectivity index (χ3v) is 4.75. The van der Waals surface area contributed by atoms with Gasteiger partial charge in [0.05, 0.1) is 6.10 Å². The van der Waals surface area contributed by atoms with E-state index >= 15 is 0 Å². The van der Waals surface area contributed by atoms with Crippen molar-refractivity contribution in [3.63, 3.8) is 0 Å². The molecule has 96 valence electrons. The summed E-state index contributed by atoms with van der Waals surface area (Å²) in [5.74, 6) is 0.647. The van der Waals surface area contributed by atoms with Crippen LogP contribution < -0.4 is 0 Å². The van der Waals surface area contributed by atoms with E-state index in [4.69, 9.17) is 4.74 Å². The highest BCUT2D eigenvalue weighted by Gasteiger charge is 2.50. The minimum atomic E-state index is 0.249. The van der Waals surface area contributed by atoms with Gasteiger partial charge in [-0.15, -0.1) is 0 Å². The van der Waals surface area contributed by atoms with Crippen molar-refractivity contribution in [3.8, 4) is 0 Å². The fourth-order valence-corrected chi connectivity index (χ4v) is 3.49. The van der Waals surface area contributed by atoms with Crippen LogP contribution in [-0.2, 0) is 9.53 Å². The molecule has 0 spiro atoms. The monoisotopic (exact) mass is 238 g/mol. The van der Waals surface area contributed by atoms with Crippen LogP contribution in [0.3, 0.4) is 0 Å². The van der Waals surface area contributed by atoms with Crippen molar-refractivity contribution in [2.45, 2.75) is 44.4 Å². The van der Waals surface area contributed by atoms with Crippen molar-refractivity contribution >= 4 is 5.91 Å². The minimum Gasteiger partial charge on any atom is -0.381 e. The van der Waals surface area contributed by atoms with E-state index in [1.54, 1.807) is 7.11 Å². The number of fused-ring (bicyclic) bond motifs is 2. The lowest BCUT2D eigenvalue weighted by Gasteiger charge is -2.57. The summed E-state index contributed by atoms with van der Waals surface area (Å²) in [7, 11) is 1.74. The first-order valence-corrected chi connectivity index (χ1v) is 6.80. The van der Waals surface area contributed by atoms with E-state index in [0.717, 1.165) is 32.5 Å². The van der Waals surface area contributed by atoms with E-state index in [9.17, 15) is 4.79 Å². The summed E-state index contributed by atoms with van der Waals surface area (Å²) in [6.07, 6.45) is 3.42. The maximum absolute atomic E-state index is 12.3. The van der Waals surface area contributed by atoms with Gasteiger partial charge >= 0.3 is 0 Å². The van der Waals surface area contributed by atoms with E-state index in [1.165, 1.54) is 6.42 Å². The zero-order valence-electron chi connectivity index (χ0n) is 10.8. The van der Waals surface area contributed by atoms with Gasteiger partial charge in [0.15, 0.2) is 0 Å². The predicted molar refractivity (Wildman–Crippen MR) is 64.7 cm³/mol. The van der Waals surface area contributed by atoms with Crippen LogP contribution >= 0.6 is 0 Å². The molecule has 2 unspecified atom stereocenters. The second-order valence-electron chi connectivity index (χ2n) is 5.67. The number of carbonyl (C=O) groups is 1. The molecule has 17 heavy (non-hydrogen) atoms. The lowest BCUT2D eigenvalue weighted by Crippen LogP contribution is -2.71. The molecule has 1 saturated carbocycles. The molecule has 2 atom stereocenters. The summed E-state index contributed by atoms with van der Waals surface area (Å²) in [4.78, 5) is 17.0. The Kier molecular flexibility index (Phi) is 2.87. The molecule has 1 aliphatic carbocycles. The molecule has 3 saturated heterocycles. The smallest absolute Gasteiger partial charge is 0.226 e. The van der Waals surface area contributed by atoms with E-state index < -0.39 is 0 Å². The van der Waals surface area contributed by atoms with Crippen molar-refractivity contribution in [2.24, 2.45) is 5.92 Å². The Labute approximate surface area is 103 Å². The minimum absolute atomic E-state index is 0.249. The van der Waals surface area contributed by atoms with Gasteiger partial charge in [0.25, 0.3) is 0 Å². The molecule has 3 heterocycles. The van der Waals surface area contributed by atoms with Gasteiger partial charge in [0.2, 0.25) is 5.91 Å². The molecule has 0 aromatic heterocycles. The van der Waals surface area contributed by atoms with Crippen LogP contribution in [-0.4, -0.2) is 60.6 Å². The summed E-state index contributed by atoms with van der Waals surface area (Å²) in [6, 6.07) is 1.01. The number of hydrogen-bond acceptors (Lipinski definition) is 3. The average Bonchev–Trinajstić information content (AvgIpc) is 2.27. The Morgan fingerprint density at radius 2 is 1.88 bits per heavy atom. The first-order chi connectivity index (χ1) is 8.22. The average molecular weight is 238 g/mol. The fraction of sp³-hybridized carbons (Fsp3) is 0.923. The zero-order chi connectivity index (χ0) is 12.0. The van der Waals surface area contributed by atoms with E-state index in [0.29, 0.717) is 24.1 Å². The fourth-order valence-electron chi connectivity index (χ4n) is 3.49. The first-order valence-electron chi connectivity index (χ1n) is 6.80. The number of ether oxygens (including phenoxy) is 1. The van der Waals surface area contributed by atoms with Crippen LogP contribution in [0.25, 0.3) is 0 Å². The van der Waals surface area contributed by atoms with Gasteiger partial charge < -0.3 is 9.64 Å². The lowest BCUT2D eigenvalue weighted by atomic mass is 9.78. The lowest BCUT2D eigenvalue weighted by molar-refractivity contribution is -0.165. The highest BCUT2D eigenvalue weighted by Crippen LogP contribution is 2.38. The van der Waals surface area contributed by atoms with E-state index in [-0.39, 0.29) is 5.92 Å². The molecule has 4 aliphatic rings. The maximum Gasteiger partial charge on any atom is 0.226 e. The van der Waals surface area contributed by atoms with Crippen molar-refractivity contribution in [2.75, 3.05) is 26.7 Å². The first kappa shape index (κ1) is 11.5. The van der Waals surface area contributed by atoms with Gasteiger partial charge in [-0.1, -0.05) is 6.92 Å². The zero-order valence-corrected chi connectivity index (χ0v) is 10.8. The van der Waals surface area contributed by atoms with Crippen LogP contribution in [0.2, 0.25) is 0 Å². The van der Waals surface area contributed by atoms with E-state index in [2.05, 4.69) is 16.7 Å². The van der Waals surface area contributed by atoms with Gasteiger partial charge in [-0.2, -0.15) is 0 Å². The molecular formula is C13H22N2O2. The van der Waals surface area contributed by atoms with Gasteiger partial charge in [-0.3, -0.25) is 9.69 Å². The standard InChI is InChI=1S/C13H22N2O2/c1-3-14-7-10-6-11(8-14)15(10)13(16)9-4-12(5-9)17-2/h9-12H,3-8H2,1-2H3. The highest BCUT2D eigenvalue weighted by molar-refractivity contribution is 5.81. The topological polar surface area (TPSA) is 32.8 Å². The SMILES string of the molecule is CCN1CC2CC(C1)N2C(=O)C1CC(OC)C1.